The molecule has 1 saturated carbocycles. The van der Waals surface area contributed by atoms with E-state index in [1.807, 2.05) is 29.2 Å². The maximum atomic E-state index is 15.6. The first-order valence-electron chi connectivity index (χ1n) is 12.5. The quantitative estimate of drug-likeness (QED) is 0.399. The molecular weight excluding hydrogens is 496 g/mol. The van der Waals surface area contributed by atoms with Crippen molar-refractivity contribution in [1.29, 1.82) is 0 Å². The van der Waals surface area contributed by atoms with Crippen molar-refractivity contribution in [2.75, 3.05) is 39.5 Å². The summed E-state index contributed by atoms with van der Waals surface area (Å²) in [7, 11) is 0. The smallest absolute Gasteiger partial charge is 0.401 e. The zero-order valence-corrected chi connectivity index (χ0v) is 20.1. The van der Waals surface area contributed by atoms with Crippen LogP contribution in [0.15, 0.2) is 36.4 Å². The maximum Gasteiger partial charge on any atom is 0.401 e. The molecule has 37 heavy (non-hydrogen) atoms. The summed E-state index contributed by atoms with van der Waals surface area (Å²) in [6.07, 6.45) is -3.08. The van der Waals surface area contributed by atoms with E-state index in [0.717, 1.165) is 28.6 Å². The van der Waals surface area contributed by atoms with Crippen molar-refractivity contribution in [2.45, 2.75) is 37.0 Å². The van der Waals surface area contributed by atoms with Gasteiger partial charge in [-0.15, -0.1) is 0 Å². The Morgan fingerprint density at radius 1 is 1.05 bits per heavy atom. The standard InChI is InChI=1S/C27H27F6N3O/c28-12-16-13-35(14-16)7-8-37-17-9-20(29)23(21(30)10-17)25-24-19(18-3-1-2-4-22(18)34-24)11-26(5-6-26)36(25)15-27(31,32)33/h1-4,9-10,16,25,34H,5-8,11-15H2/t25-/m0/s1. The van der Waals surface area contributed by atoms with Gasteiger partial charge in [0.1, 0.15) is 24.0 Å². The number of ether oxygens (including phenoxy) is 1. The van der Waals surface area contributed by atoms with Gasteiger partial charge in [0.05, 0.1) is 19.3 Å². The van der Waals surface area contributed by atoms with E-state index in [4.69, 9.17) is 4.74 Å². The zero-order chi connectivity index (χ0) is 25.9. The first-order chi connectivity index (χ1) is 17.7. The third-order valence-electron chi connectivity index (χ3n) is 7.98. The van der Waals surface area contributed by atoms with Gasteiger partial charge in [-0.25, -0.2) is 8.78 Å². The lowest BCUT2D eigenvalue weighted by molar-refractivity contribution is -0.159. The summed E-state index contributed by atoms with van der Waals surface area (Å²) in [4.78, 5) is 6.39. The number of hydrogen-bond donors (Lipinski definition) is 1. The largest absolute Gasteiger partial charge is 0.492 e. The van der Waals surface area contributed by atoms with E-state index in [9.17, 15) is 17.6 Å². The summed E-state index contributed by atoms with van der Waals surface area (Å²) >= 11 is 0. The molecule has 3 heterocycles. The summed E-state index contributed by atoms with van der Waals surface area (Å²) in [6.45, 7) is 0.251. The van der Waals surface area contributed by atoms with E-state index in [-0.39, 0.29) is 24.9 Å². The monoisotopic (exact) mass is 523 g/mol. The van der Waals surface area contributed by atoms with E-state index < -0.39 is 41.5 Å². The van der Waals surface area contributed by atoms with Gasteiger partial charge in [0, 0.05) is 65.4 Å². The number of H-pyrrole nitrogens is 1. The van der Waals surface area contributed by atoms with Gasteiger partial charge >= 0.3 is 6.18 Å². The predicted molar refractivity (Wildman–Crippen MR) is 126 cm³/mol. The van der Waals surface area contributed by atoms with Crippen molar-refractivity contribution < 1.29 is 31.1 Å². The highest BCUT2D eigenvalue weighted by Crippen LogP contribution is 2.56. The van der Waals surface area contributed by atoms with Crippen molar-refractivity contribution >= 4 is 10.9 Å². The third-order valence-corrected chi connectivity index (χ3v) is 7.98. The lowest BCUT2D eigenvalue weighted by Gasteiger charge is -2.43. The van der Waals surface area contributed by atoms with Crippen LogP contribution in [0.5, 0.6) is 5.75 Å². The maximum absolute atomic E-state index is 15.6. The molecule has 2 fully saturated rings. The summed E-state index contributed by atoms with van der Waals surface area (Å²) in [5.74, 6) is -1.90. The van der Waals surface area contributed by atoms with Crippen molar-refractivity contribution in [3.63, 3.8) is 0 Å². The fraction of sp³-hybridized carbons (Fsp3) is 0.481. The second-order valence-electron chi connectivity index (χ2n) is 10.5. The number of benzene rings is 2. The minimum Gasteiger partial charge on any atom is -0.492 e. The van der Waals surface area contributed by atoms with Crippen LogP contribution in [-0.4, -0.2) is 66.0 Å². The van der Waals surface area contributed by atoms with Crippen LogP contribution in [0.2, 0.25) is 0 Å². The second-order valence-corrected chi connectivity index (χ2v) is 10.5. The molecule has 2 aliphatic heterocycles. The van der Waals surface area contributed by atoms with Gasteiger partial charge in [-0.05, 0) is 30.9 Å². The van der Waals surface area contributed by atoms with Gasteiger partial charge in [-0.2, -0.15) is 13.2 Å². The molecule has 1 aromatic heterocycles. The summed E-state index contributed by atoms with van der Waals surface area (Å²) in [5, 5.41) is 0.863. The minimum absolute atomic E-state index is 0.0219. The van der Waals surface area contributed by atoms with Crippen molar-refractivity contribution in [2.24, 2.45) is 5.92 Å². The number of hydrogen-bond acceptors (Lipinski definition) is 3. The van der Waals surface area contributed by atoms with Gasteiger partial charge in [0.25, 0.3) is 0 Å². The van der Waals surface area contributed by atoms with Gasteiger partial charge in [0.2, 0.25) is 0 Å². The number of aromatic nitrogens is 1. The van der Waals surface area contributed by atoms with Gasteiger partial charge in [-0.1, -0.05) is 18.2 Å². The number of para-hydroxylation sites is 1. The first kappa shape index (κ1) is 24.6. The van der Waals surface area contributed by atoms with Crippen LogP contribution in [0.1, 0.15) is 35.7 Å². The summed E-state index contributed by atoms with van der Waals surface area (Å²) in [5.41, 5.74) is 0.736. The Balaban J connectivity index is 1.35. The van der Waals surface area contributed by atoms with Gasteiger partial charge in [0.15, 0.2) is 0 Å². The molecule has 1 atom stereocenters. The molecule has 1 N–H and O–H groups in total. The topological polar surface area (TPSA) is 31.5 Å². The number of aromatic amines is 1. The molecular formula is C27H27F6N3O. The van der Waals surface area contributed by atoms with E-state index in [0.29, 0.717) is 44.6 Å². The molecule has 3 aliphatic rings. The van der Waals surface area contributed by atoms with Crippen LogP contribution in [0.4, 0.5) is 26.3 Å². The second kappa shape index (κ2) is 8.94. The lowest BCUT2D eigenvalue weighted by atomic mass is 9.86. The minimum atomic E-state index is -4.54. The number of nitrogens with one attached hydrogen (secondary N) is 1. The van der Waals surface area contributed by atoms with Crippen LogP contribution >= 0.6 is 0 Å². The summed E-state index contributed by atoms with van der Waals surface area (Å²) < 4.78 is 90.6. The molecule has 1 aliphatic carbocycles. The first-order valence-corrected chi connectivity index (χ1v) is 12.5. The fourth-order valence-electron chi connectivity index (χ4n) is 6.02. The van der Waals surface area contributed by atoms with Crippen molar-refractivity contribution in [3.8, 4) is 5.75 Å². The number of alkyl halides is 4. The molecule has 0 unspecified atom stereocenters. The Labute approximate surface area is 210 Å². The molecule has 4 nitrogen and oxygen atoms in total. The Kier molecular flexibility index (Phi) is 5.95. The number of fused-ring (bicyclic) bond motifs is 3. The van der Waals surface area contributed by atoms with Crippen LogP contribution < -0.4 is 4.74 Å². The van der Waals surface area contributed by atoms with Crippen LogP contribution in [0, 0.1) is 17.6 Å². The highest BCUT2D eigenvalue weighted by Gasteiger charge is 2.58. The van der Waals surface area contributed by atoms with Crippen LogP contribution in [0.25, 0.3) is 10.9 Å². The SMILES string of the molecule is FCC1CN(CCOc2cc(F)c([C@H]3c4[nH]c5ccccc5c4CC4(CC4)N3CC(F)(F)F)c(F)c2)C1. The molecule has 2 aromatic carbocycles. The number of rotatable bonds is 7. The van der Waals surface area contributed by atoms with E-state index in [2.05, 4.69) is 4.98 Å². The van der Waals surface area contributed by atoms with Gasteiger partial charge < -0.3 is 9.72 Å². The zero-order valence-electron chi connectivity index (χ0n) is 20.1. The molecule has 1 spiro atoms. The van der Waals surface area contributed by atoms with Crippen LogP contribution in [-0.2, 0) is 6.42 Å². The molecule has 198 valence electrons. The highest BCUT2D eigenvalue weighted by molar-refractivity contribution is 5.85. The predicted octanol–water partition coefficient (Wildman–Crippen LogP) is 5.77. The van der Waals surface area contributed by atoms with E-state index >= 15 is 8.78 Å². The highest BCUT2D eigenvalue weighted by atomic mass is 19.4. The molecule has 6 rings (SSSR count). The Bertz CT molecular complexity index is 1290. The summed E-state index contributed by atoms with van der Waals surface area (Å²) in [6, 6.07) is 8.18. The van der Waals surface area contributed by atoms with E-state index in [1.54, 1.807) is 0 Å². The Morgan fingerprint density at radius 3 is 2.41 bits per heavy atom. The van der Waals surface area contributed by atoms with Crippen molar-refractivity contribution in [1.82, 2.24) is 14.8 Å². The number of nitrogens with zero attached hydrogens (tertiary/aromatic N) is 2. The third kappa shape index (κ3) is 4.48. The molecule has 0 radical (unpaired) electrons. The van der Waals surface area contributed by atoms with E-state index in [1.165, 1.54) is 4.90 Å². The Hall–Kier alpha value is -2.72. The lowest BCUT2D eigenvalue weighted by Crippen LogP contribution is -2.50. The van der Waals surface area contributed by atoms with Crippen LogP contribution in [0.3, 0.4) is 0 Å². The normalized spacial score (nSPS) is 21.8. The number of halogens is 6. The molecule has 0 amide bonds. The average molecular weight is 524 g/mol. The molecule has 1 saturated heterocycles. The number of likely N-dealkylation sites (tertiary alicyclic amines) is 1. The Morgan fingerprint density at radius 2 is 1.76 bits per heavy atom. The molecule has 10 heteroatoms. The average Bonchev–Trinajstić information content (AvgIpc) is 3.49. The van der Waals surface area contributed by atoms with Gasteiger partial charge in [-0.3, -0.25) is 14.2 Å². The molecule has 3 aromatic rings. The molecule has 0 bridgehead atoms. The van der Waals surface area contributed by atoms with Crippen molar-refractivity contribution in [3.05, 3.63) is 64.9 Å². The fourth-order valence-corrected chi connectivity index (χ4v) is 6.02.